The van der Waals surface area contributed by atoms with Crippen molar-refractivity contribution >= 4 is 13.6 Å². The lowest BCUT2D eigenvalue weighted by Crippen LogP contribution is -2.55. The second-order valence-corrected chi connectivity index (χ2v) is 9.23. The van der Waals surface area contributed by atoms with E-state index in [4.69, 9.17) is 4.43 Å². The van der Waals surface area contributed by atoms with E-state index in [1.807, 2.05) is 13.3 Å². The third kappa shape index (κ3) is 1.66. The monoisotopic (exact) mass is 211 g/mol. The van der Waals surface area contributed by atoms with Crippen molar-refractivity contribution in [1.29, 1.82) is 0 Å². The minimum absolute atomic E-state index is 0.589. The van der Waals surface area contributed by atoms with E-state index in [0.29, 0.717) is 11.1 Å². The van der Waals surface area contributed by atoms with Crippen molar-refractivity contribution in [2.45, 2.75) is 38.8 Å². The third-order valence-corrected chi connectivity index (χ3v) is 8.33. The molecule has 0 aliphatic carbocycles. The lowest BCUT2D eigenvalue weighted by molar-refractivity contribution is 0.384. The Kier molecular flexibility index (Phi) is 3.56. The van der Waals surface area contributed by atoms with Crippen molar-refractivity contribution < 1.29 is 4.43 Å². The summed E-state index contributed by atoms with van der Waals surface area (Å²) in [5.74, 6) is 0. The van der Waals surface area contributed by atoms with Gasteiger partial charge in [-0.05, 0) is 23.2 Å². The molecule has 0 radical (unpaired) electrons. The van der Waals surface area contributed by atoms with Gasteiger partial charge in [0.15, 0.2) is 0 Å². The van der Waals surface area contributed by atoms with Crippen LogP contribution in [0.25, 0.3) is 0 Å². The van der Waals surface area contributed by atoms with Crippen LogP contribution < -0.4 is 5.32 Å². The molecule has 0 amide bonds. The summed E-state index contributed by atoms with van der Waals surface area (Å²) < 4.78 is 5.91. The summed E-state index contributed by atoms with van der Waals surface area (Å²) in [6.07, 6.45) is 1.99. The fraction of sp³-hybridized carbons (Fsp3) is 0.636. The first-order valence-corrected chi connectivity index (χ1v) is 7.31. The topological polar surface area (TPSA) is 25.0 Å². The molecular weight excluding hydrogens is 190 g/mol. The van der Waals surface area contributed by atoms with Gasteiger partial charge < -0.3 is 9.41 Å². The third-order valence-electron chi connectivity index (χ3n) is 3.07. The molecule has 1 N–H and O–H groups in total. The molecule has 14 heavy (non-hydrogen) atoms. The van der Waals surface area contributed by atoms with E-state index in [1.54, 1.807) is 0 Å². The maximum atomic E-state index is 5.91. The Labute approximate surface area is 87.8 Å². The van der Waals surface area contributed by atoms with Crippen LogP contribution in [-0.4, -0.2) is 20.4 Å². The van der Waals surface area contributed by atoms with Crippen molar-refractivity contribution in [3.63, 3.8) is 0 Å². The maximum Gasteiger partial charge on any atom is 0.244 e. The van der Waals surface area contributed by atoms with E-state index in [9.17, 15) is 0 Å². The zero-order valence-corrected chi connectivity index (χ0v) is 10.8. The van der Waals surface area contributed by atoms with Crippen LogP contribution >= 0.6 is 0 Å². The smallest absolute Gasteiger partial charge is 0.244 e. The van der Waals surface area contributed by atoms with E-state index in [1.165, 1.54) is 5.32 Å². The lowest BCUT2D eigenvalue weighted by Gasteiger charge is -2.36. The molecule has 1 rings (SSSR count). The molecule has 2 nitrogen and oxygen atoms in total. The Bertz CT molecular complexity index is 259. The number of hydrogen-bond donors (Lipinski definition) is 1. The van der Waals surface area contributed by atoms with Crippen LogP contribution in [0.15, 0.2) is 18.3 Å². The zero-order valence-electron chi connectivity index (χ0n) is 9.79. The Hall–Kier alpha value is -0.543. The summed E-state index contributed by atoms with van der Waals surface area (Å²) >= 11 is 0. The number of H-pyrrole nitrogens is 1. The van der Waals surface area contributed by atoms with Gasteiger partial charge in [-0.2, -0.15) is 0 Å². The zero-order chi connectivity index (χ0) is 10.8. The van der Waals surface area contributed by atoms with E-state index in [-0.39, 0.29) is 0 Å². The van der Waals surface area contributed by atoms with Crippen LogP contribution in [0.4, 0.5) is 0 Å². The molecule has 0 saturated carbocycles. The van der Waals surface area contributed by atoms with Crippen molar-refractivity contribution in [3.8, 4) is 0 Å². The normalized spacial score (nSPS) is 12.8. The molecule has 0 unspecified atom stereocenters. The first-order valence-electron chi connectivity index (χ1n) is 5.24. The van der Waals surface area contributed by atoms with Crippen LogP contribution in [0, 0.1) is 0 Å². The molecule has 0 spiro atoms. The highest BCUT2D eigenvalue weighted by Crippen LogP contribution is 2.31. The van der Waals surface area contributed by atoms with Crippen LogP contribution in [-0.2, 0) is 4.43 Å². The summed E-state index contributed by atoms with van der Waals surface area (Å²) in [5.41, 5.74) is 1.18. The van der Waals surface area contributed by atoms with Crippen molar-refractivity contribution in [3.05, 3.63) is 18.3 Å². The van der Waals surface area contributed by atoms with Gasteiger partial charge in [-0.3, -0.25) is 0 Å². The number of nitrogens with one attached hydrogen (secondary N) is 1. The predicted molar refractivity (Wildman–Crippen MR) is 63.4 cm³/mol. The Balaban J connectivity index is 3.15. The van der Waals surface area contributed by atoms with E-state index in [0.717, 1.165) is 0 Å². The molecule has 3 heteroatoms. The number of aromatic nitrogens is 1. The van der Waals surface area contributed by atoms with E-state index < -0.39 is 8.32 Å². The molecule has 0 aliphatic heterocycles. The highest BCUT2D eigenvalue weighted by molar-refractivity contribution is 6.88. The van der Waals surface area contributed by atoms with E-state index >= 15 is 0 Å². The molecule has 0 saturated heterocycles. The fourth-order valence-corrected chi connectivity index (χ4v) is 6.85. The van der Waals surface area contributed by atoms with E-state index in [2.05, 4.69) is 44.8 Å². The SMILES string of the molecule is CO[Si](c1ccc[nH]1)(C(C)C)C(C)C. The number of rotatable bonds is 4. The Morgan fingerprint density at radius 2 is 1.79 bits per heavy atom. The van der Waals surface area contributed by atoms with Crippen LogP contribution in [0.2, 0.25) is 11.1 Å². The average Bonchev–Trinajstić information content (AvgIpc) is 2.58. The molecular formula is C11H21NOSi. The predicted octanol–water partition coefficient (Wildman–Crippen LogP) is 2.63. The van der Waals surface area contributed by atoms with Gasteiger partial charge in [0, 0.05) is 18.6 Å². The molecule has 1 aromatic heterocycles. The fourth-order valence-electron chi connectivity index (χ4n) is 2.44. The molecule has 0 atom stereocenters. The van der Waals surface area contributed by atoms with Gasteiger partial charge in [0.25, 0.3) is 0 Å². The summed E-state index contributed by atoms with van der Waals surface area (Å²) in [5, 5.41) is 1.31. The Morgan fingerprint density at radius 1 is 1.21 bits per heavy atom. The average molecular weight is 211 g/mol. The van der Waals surface area contributed by atoms with Crippen LogP contribution in [0.5, 0.6) is 0 Å². The largest absolute Gasteiger partial charge is 0.414 e. The van der Waals surface area contributed by atoms with Gasteiger partial charge >= 0.3 is 0 Å². The minimum Gasteiger partial charge on any atom is -0.414 e. The molecule has 1 heterocycles. The van der Waals surface area contributed by atoms with Gasteiger partial charge in [0.1, 0.15) is 0 Å². The summed E-state index contributed by atoms with van der Waals surface area (Å²) in [7, 11) is 0.0506. The maximum absolute atomic E-state index is 5.91. The van der Waals surface area contributed by atoms with Gasteiger partial charge in [-0.15, -0.1) is 0 Å². The molecule has 80 valence electrons. The summed E-state index contributed by atoms with van der Waals surface area (Å²) in [4.78, 5) is 3.33. The Morgan fingerprint density at radius 3 is 2.07 bits per heavy atom. The summed E-state index contributed by atoms with van der Waals surface area (Å²) in [6.45, 7) is 9.04. The van der Waals surface area contributed by atoms with Gasteiger partial charge in [0.05, 0.1) is 0 Å². The second kappa shape index (κ2) is 4.32. The van der Waals surface area contributed by atoms with Gasteiger partial charge in [-0.25, -0.2) is 0 Å². The minimum atomic E-state index is -1.80. The highest BCUT2D eigenvalue weighted by Gasteiger charge is 2.43. The van der Waals surface area contributed by atoms with Crippen molar-refractivity contribution in [2.24, 2.45) is 0 Å². The number of hydrogen-bond acceptors (Lipinski definition) is 1. The van der Waals surface area contributed by atoms with Gasteiger partial charge in [0.2, 0.25) is 8.32 Å². The van der Waals surface area contributed by atoms with Crippen molar-refractivity contribution in [2.75, 3.05) is 7.11 Å². The first-order chi connectivity index (χ1) is 6.55. The lowest BCUT2D eigenvalue weighted by atomic mass is 10.5. The quantitative estimate of drug-likeness (QED) is 0.761. The standard InChI is InChI=1S/C11H21NOSi/c1-9(2)14(13-5,10(3)4)11-7-6-8-12-11/h6-10,12H,1-5H3. The van der Waals surface area contributed by atoms with Crippen LogP contribution in [0.3, 0.4) is 0 Å². The highest BCUT2D eigenvalue weighted by atomic mass is 28.4. The number of aromatic amines is 1. The molecule has 0 aliphatic rings. The second-order valence-electron chi connectivity index (χ2n) is 4.39. The molecule has 0 fully saturated rings. The van der Waals surface area contributed by atoms with Crippen LogP contribution in [0.1, 0.15) is 27.7 Å². The molecule has 1 aromatic rings. The summed E-state index contributed by atoms with van der Waals surface area (Å²) in [6, 6.07) is 4.22. The van der Waals surface area contributed by atoms with Gasteiger partial charge in [-0.1, -0.05) is 27.7 Å². The molecule has 0 bridgehead atoms. The first kappa shape index (κ1) is 11.5. The van der Waals surface area contributed by atoms with Crippen molar-refractivity contribution in [1.82, 2.24) is 4.98 Å². The molecule has 0 aromatic carbocycles.